The van der Waals surface area contributed by atoms with Crippen LogP contribution in [0.3, 0.4) is 0 Å². The van der Waals surface area contributed by atoms with Crippen molar-refractivity contribution in [2.24, 2.45) is 0 Å². The van der Waals surface area contributed by atoms with Crippen LogP contribution in [0.5, 0.6) is 0 Å². The average Bonchev–Trinajstić information content (AvgIpc) is 2.27. The topological polar surface area (TPSA) is 95.7 Å². The third-order valence-electron chi connectivity index (χ3n) is 2.48. The quantitative estimate of drug-likeness (QED) is 0.601. The highest BCUT2D eigenvalue weighted by atomic mass is 16.6. The number of nitro groups is 1. The molecule has 0 spiro atoms. The van der Waals surface area contributed by atoms with Crippen molar-refractivity contribution in [3.05, 3.63) is 33.9 Å². The second-order valence-corrected chi connectivity index (χ2v) is 4.60. The van der Waals surface area contributed by atoms with Gasteiger partial charge >= 0.3 is 5.97 Å². The zero-order valence-electron chi connectivity index (χ0n) is 11.1. The zero-order chi connectivity index (χ0) is 14.6. The van der Waals surface area contributed by atoms with E-state index in [0.29, 0.717) is 5.69 Å². The Morgan fingerprint density at radius 1 is 1.53 bits per heavy atom. The first-order valence-corrected chi connectivity index (χ1v) is 5.74. The molecule has 2 N–H and O–H groups in total. The van der Waals surface area contributed by atoms with Crippen molar-refractivity contribution < 1.29 is 14.8 Å². The molecule has 0 saturated heterocycles. The van der Waals surface area contributed by atoms with E-state index in [1.54, 1.807) is 0 Å². The highest BCUT2D eigenvalue weighted by Crippen LogP contribution is 2.23. The van der Waals surface area contributed by atoms with Gasteiger partial charge in [-0.1, -0.05) is 0 Å². The van der Waals surface area contributed by atoms with E-state index >= 15 is 0 Å². The number of likely N-dealkylation sites (N-methyl/N-ethyl adjacent to an activating group) is 1. The number of rotatable bonds is 6. The van der Waals surface area contributed by atoms with Crippen LogP contribution in [-0.4, -0.2) is 47.6 Å². The number of carboxylic acid groups (broad SMARTS) is 1. The van der Waals surface area contributed by atoms with Gasteiger partial charge in [0.05, 0.1) is 4.92 Å². The van der Waals surface area contributed by atoms with E-state index < -0.39 is 16.6 Å². The van der Waals surface area contributed by atoms with Crippen molar-refractivity contribution in [2.75, 3.05) is 26.0 Å². The summed E-state index contributed by atoms with van der Waals surface area (Å²) in [6.45, 7) is 2.71. The summed E-state index contributed by atoms with van der Waals surface area (Å²) in [5.41, 5.74) is -0.164. The first-order valence-electron chi connectivity index (χ1n) is 5.74. The normalized spacial score (nSPS) is 12.2. The Morgan fingerprint density at radius 2 is 2.16 bits per heavy atom. The van der Waals surface area contributed by atoms with Gasteiger partial charge in [0.25, 0.3) is 5.69 Å². The maximum Gasteiger partial charge on any atom is 0.342 e. The van der Waals surface area contributed by atoms with Crippen molar-refractivity contribution in [1.29, 1.82) is 0 Å². The van der Waals surface area contributed by atoms with E-state index in [2.05, 4.69) is 5.32 Å². The molecule has 0 saturated carbocycles. The van der Waals surface area contributed by atoms with Crippen molar-refractivity contribution in [1.82, 2.24) is 4.90 Å². The molecule has 1 rings (SSSR count). The van der Waals surface area contributed by atoms with Crippen LogP contribution >= 0.6 is 0 Å². The summed E-state index contributed by atoms with van der Waals surface area (Å²) < 4.78 is 0. The van der Waals surface area contributed by atoms with Gasteiger partial charge in [0, 0.05) is 24.3 Å². The number of carboxylic acids is 1. The number of nitrogens with zero attached hydrogens (tertiary/aromatic N) is 2. The third-order valence-corrected chi connectivity index (χ3v) is 2.48. The van der Waals surface area contributed by atoms with Crippen LogP contribution in [0.15, 0.2) is 18.2 Å². The van der Waals surface area contributed by atoms with E-state index in [1.165, 1.54) is 18.2 Å². The summed E-state index contributed by atoms with van der Waals surface area (Å²) in [5.74, 6) is -1.31. The Balaban J connectivity index is 2.96. The van der Waals surface area contributed by atoms with Gasteiger partial charge < -0.3 is 15.3 Å². The predicted molar refractivity (Wildman–Crippen MR) is 71.7 cm³/mol. The fraction of sp³-hybridized carbons (Fsp3) is 0.417. The van der Waals surface area contributed by atoms with E-state index in [0.717, 1.165) is 6.54 Å². The van der Waals surface area contributed by atoms with Crippen molar-refractivity contribution in [3.8, 4) is 0 Å². The summed E-state index contributed by atoms with van der Waals surface area (Å²) in [5, 5.41) is 22.8. The molecule has 0 fully saturated rings. The molecule has 7 nitrogen and oxygen atoms in total. The molecule has 0 amide bonds. The maximum absolute atomic E-state index is 11.0. The van der Waals surface area contributed by atoms with Crippen molar-refractivity contribution in [2.45, 2.75) is 13.0 Å². The Hall–Kier alpha value is -2.15. The fourth-order valence-electron chi connectivity index (χ4n) is 1.83. The molecule has 0 aliphatic heterocycles. The molecule has 1 aromatic carbocycles. The van der Waals surface area contributed by atoms with Crippen LogP contribution in [0.25, 0.3) is 0 Å². The molecular formula is C12H17N3O4. The molecule has 0 radical (unpaired) electrons. The van der Waals surface area contributed by atoms with Crippen LogP contribution in [0.2, 0.25) is 0 Å². The van der Waals surface area contributed by atoms with Gasteiger partial charge in [0.2, 0.25) is 0 Å². The summed E-state index contributed by atoms with van der Waals surface area (Å²) in [4.78, 5) is 23.0. The van der Waals surface area contributed by atoms with Gasteiger partial charge in [-0.3, -0.25) is 10.1 Å². The minimum Gasteiger partial charge on any atom is -0.477 e. The predicted octanol–water partition coefficient (Wildman–Crippen LogP) is 1.66. The lowest BCUT2D eigenvalue weighted by atomic mass is 10.1. The number of hydrogen-bond donors (Lipinski definition) is 2. The zero-order valence-corrected chi connectivity index (χ0v) is 11.1. The lowest BCUT2D eigenvalue weighted by Gasteiger charge is -2.19. The lowest BCUT2D eigenvalue weighted by molar-refractivity contribution is -0.385. The summed E-state index contributed by atoms with van der Waals surface area (Å²) >= 11 is 0. The fourth-order valence-corrected chi connectivity index (χ4v) is 1.83. The number of benzene rings is 1. The molecular weight excluding hydrogens is 250 g/mol. The second-order valence-electron chi connectivity index (χ2n) is 4.60. The van der Waals surface area contributed by atoms with Crippen LogP contribution in [0.4, 0.5) is 11.4 Å². The highest BCUT2D eigenvalue weighted by Gasteiger charge is 2.20. The summed E-state index contributed by atoms with van der Waals surface area (Å²) in [7, 11) is 3.85. The average molecular weight is 267 g/mol. The number of carbonyl (C=O) groups is 1. The molecule has 1 atom stereocenters. The first-order chi connectivity index (χ1) is 8.81. The second kappa shape index (κ2) is 6.14. The van der Waals surface area contributed by atoms with Crippen LogP contribution in [0.1, 0.15) is 17.3 Å². The molecule has 19 heavy (non-hydrogen) atoms. The van der Waals surface area contributed by atoms with Gasteiger partial charge in [-0.15, -0.1) is 0 Å². The number of aromatic carboxylic acids is 1. The summed E-state index contributed by atoms with van der Waals surface area (Å²) in [6, 6.07) is 4.09. The minimum absolute atomic E-state index is 0.0955. The molecule has 104 valence electrons. The SMILES string of the molecule is CC(CN(C)C)Nc1ccc([N+](=O)[O-])c(C(=O)O)c1. The number of nitro benzene ring substituents is 1. The van der Waals surface area contributed by atoms with Crippen molar-refractivity contribution >= 4 is 17.3 Å². The highest BCUT2D eigenvalue weighted by molar-refractivity contribution is 5.93. The van der Waals surface area contributed by atoms with E-state index in [9.17, 15) is 14.9 Å². The van der Waals surface area contributed by atoms with E-state index in [1.807, 2.05) is 25.9 Å². The Bertz CT molecular complexity index is 488. The van der Waals surface area contributed by atoms with Gasteiger partial charge in [0.15, 0.2) is 0 Å². The smallest absolute Gasteiger partial charge is 0.342 e. The summed E-state index contributed by atoms with van der Waals surface area (Å²) in [6.07, 6.45) is 0. The molecule has 0 bridgehead atoms. The number of hydrogen-bond acceptors (Lipinski definition) is 5. The molecule has 7 heteroatoms. The van der Waals surface area contributed by atoms with Gasteiger partial charge in [0.1, 0.15) is 5.56 Å². The first kappa shape index (κ1) is 14.9. The van der Waals surface area contributed by atoms with Crippen molar-refractivity contribution in [3.63, 3.8) is 0 Å². The van der Waals surface area contributed by atoms with Crippen LogP contribution in [-0.2, 0) is 0 Å². The van der Waals surface area contributed by atoms with Gasteiger partial charge in [-0.25, -0.2) is 4.79 Å². The number of nitrogens with one attached hydrogen (secondary N) is 1. The number of anilines is 1. The molecule has 1 aromatic rings. The monoisotopic (exact) mass is 267 g/mol. The van der Waals surface area contributed by atoms with Gasteiger partial charge in [-0.05, 0) is 33.2 Å². The standard InChI is InChI=1S/C12H17N3O4/c1-8(7-14(2)3)13-9-4-5-11(15(18)19)10(6-9)12(16)17/h4-6,8,13H,7H2,1-3H3,(H,16,17). The van der Waals surface area contributed by atoms with Crippen LogP contribution < -0.4 is 5.32 Å². The Kier molecular flexibility index (Phi) is 4.82. The third kappa shape index (κ3) is 4.22. The molecule has 0 aliphatic carbocycles. The molecule has 0 aromatic heterocycles. The van der Waals surface area contributed by atoms with Gasteiger partial charge in [-0.2, -0.15) is 0 Å². The van der Waals surface area contributed by atoms with E-state index in [4.69, 9.17) is 5.11 Å². The Morgan fingerprint density at radius 3 is 2.63 bits per heavy atom. The van der Waals surface area contributed by atoms with Crippen LogP contribution in [0, 0.1) is 10.1 Å². The largest absolute Gasteiger partial charge is 0.477 e. The molecule has 0 aliphatic rings. The van der Waals surface area contributed by atoms with E-state index in [-0.39, 0.29) is 11.6 Å². The molecule has 1 unspecified atom stereocenters. The maximum atomic E-state index is 11.0. The molecule has 0 heterocycles. The minimum atomic E-state index is -1.31. The Labute approximate surface area is 111 Å². The lowest BCUT2D eigenvalue weighted by Crippen LogP contribution is -2.29.